The van der Waals surface area contributed by atoms with E-state index in [1.807, 2.05) is 38.1 Å². The topological polar surface area (TPSA) is 58.6 Å². The number of aryl methyl sites for hydroxylation is 2. The van der Waals surface area contributed by atoms with Gasteiger partial charge in [-0.1, -0.05) is 83.9 Å². The number of rotatable bonds is 0. The van der Waals surface area contributed by atoms with Gasteiger partial charge < -0.3 is 13.9 Å². The predicted octanol–water partition coefficient (Wildman–Crippen LogP) is 3.29. The molecule has 0 N–H and O–H groups in total. The molecule has 0 saturated heterocycles. The molecule has 1 heterocycles. The number of phosphoric acid groups is 1. The summed E-state index contributed by atoms with van der Waals surface area (Å²) in [5.41, 5.74) is 5.09. The Balaban J connectivity index is 0.00000320. The van der Waals surface area contributed by atoms with Crippen molar-refractivity contribution in [3.63, 3.8) is 0 Å². The van der Waals surface area contributed by atoms with E-state index >= 15 is 0 Å². The Labute approximate surface area is 203 Å². The molecule has 4 nitrogen and oxygen atoms in total. The summed E-state index contributed by atoms with van der Waals surface area (Å²) in [7, 11) is -4.62. The summed E-state index contributed by atoms with van der Waals surface area (Å²) in [4.78, 5) is 13.0. The number of benzene rings is 2. The normalized spacial score (nSPS) is 21.2. The molecule has 0 atom stereocenters. The van der Waals surface area contributed by atoms with Gasteiger partial charge in [0.15, 0.2) is 0 Å². The Morgan fingerprint density at radius 3 is 1.43 bits per heavy atom. The zero-order chi connectivity index (χ0) is 21.9. The Hall–Kier alpha value is -0.770. The van der Waals surface area contributed by atoms with Crippen LogP contribution in [0, 0.1) is 13.8 Å². The third kappa shape index (κ3) is 5.00. The molecule has 0 spiro atoms. The summed E-state index contributed by atoms with van der Waals surface area (Å²) in [6.45, 7) is 18.5. The van der Waals surface area contributed by atoms with Crippen LogP contribution < -0.4 is 43.5 Å². The standard InChI is InChI=1S/C24H33O4P.Na/c1-14-10-17-16(3)18-11-15(2)13-20(24(7,8)9)22(18)28-29(25,26)27-21(17)19(12-14)23(4,5)6;/h10-13,16H,1-9H3,(H,25,26);/q;+1/p-1. The summed E-state index contributed by atoms with van der Waals surface area (Å²) in [5.74, 6) is 0.721. The minimum absolute atomic E-state index is 0. The zero-order valence-electron chi connectivity index (χ0n) is 20.0. The van der Waals surface area contributed by atoms with Gasteiger partial charge >= 0.3 is 37.4 Å². The molecule has 1 aliphatic rings. The van der Waals surface area contributed by atoms with Crippen molar-refractivity contribution in [3.05, 3.63) is 57.6 Å². The van der Waals surface area contributed by atoms with Crippen LogP contribution in [0.15, 0.2) is 24.3 Å². The minimum atomic E-state index is -4.62. The van der Waals surface area contributed by atoms with Crippen molar-refractivity contribution in [1.29, 1.82) is 0 Å². The second kappa shape index (κ2) is 8.30. The van der Waals surface area contributed by atoms with E-state index in [1.165, 1.54) is 0 Å². The van der Waals surface area contributed by atoms with E-state index in [9.17, 15) is 9.46 Å². The van der Waals surface area contributed by atoms with Gasteiger partial charge in [0.2, 0.25) is 0 Å². The quantitative estimate of drug-likeness (QED) is 0.468. The van der Waals surface area contributed by atoms with Crippen LogP contribution in [-0.4, -0.2) is 0 Å². The van der Waals surface area contributed by atoms with Crippen LogP contribution in [0.25, 0.3) is 0 Å². The van der Waals surface area contributed by atoms with Gasteiger partial charge in [-0.25, -0.2) is 4.57 Å². The Morgan fingerprint density at radius 2 is 1.13 bits per heavy atom. The molecule has 0 aromatic heterocycles. The molecule has 0 radical (unpaired) electrons. The summed E-state index contributed by atoms with van der Waals surface area (Å²) in [5, 5.41) is 0. The van der Waals surface area contributed by atoms with Gasteiger partial charge in [0.1, 0.15) is 11.5 Å². The smallest absolute Gasteiger partial charge is 0.736 e. The molecule has 0 amide bonds. The molecular formula is C24H32NaO4P. The van der Waals surface area contributed by atoms with E-state index in [2.05, 4.69) is 48.5 Å². The van der Waals surface area contributed by atoms with E-state index in [0.29, 0.717) is 11.5 Å². The predicted molar refractivity (Wildman–Crippen MR) is 116 cm³/mol. The first-order valence-electron chi connectivity index (χ1n) is 10.1. The van der Waals surface area contributed by atoms with Crippen molar-refractivity contribution >= 4 is 7.82 Å². The first-order valence-corrected chi connectivity index (χ1v) is 11.6. The van der Waals surface area contributed by atoms with E-state index in [1.54, 1.807) is 0 Å². The first-order chi connectivity index (χ1) is 13.1. The number of fused-ring (bicyclic) bond motifs is 2. The Morgan fingerprint density at radius 1 is 0.800 bits per heavy atom. The van der Waals surface area contributed by atoms with E-state index < -0.39 is 7.82 Å². The summed E-state index contributed by atoms with van der Waals surface area (Å²) in [6, 6.07) is 8.07. The number of hydrogen-bond donors (Lipinski definition) is 0. The molecule has 2 aromatic carbocycles. The van der Waals surface area contributed by atoms with Crippen LogP contribution in [0.4, 0.5) is 0 Å². The number of phosphoric ester groups is 1. The second-order valence-electron chi connectivity index (χ2n) is 10.3. The fourth-order valence-electron chi connectivity index (χ4n) is 3.97. The SMILES string of the molecule is Cc1cc2c(c(C(C)(C)C)c1)OP(=O)([O-])Oc1c(cc(C)cc1C(C)(C)C)C2C.[Na+]. The van der Waals surface area contributed by atoms with Crippen molar-refractivity contribution in [2.45, 2.75) is 79.1 Å². The van der Waals surface area contributed by atoms with Gasteiger partial charge in [-0.3, -0.25) is 0 Å². The molecule has 158 valence electrons. The van der Waals surface area contributed by atoms with Crippen molar-refractivity contribution in [1.82, 2.24) is 0 Å². The summed E-state index contributed by atoms with van der Waals surface area (Å²) >= 11 is 0. The molecule has 0 saturated carbocycles. The maximum absolute atomic E-state index is 13.0. The summed E-state index contributed by atoms with van der Waals surface area (Å²) in [6.07, 6.45) is 0. The van der Waals surface area contributed by atoms with E-state index in [4.69, 9.17) is 9.05 Å². The molecule has 1 aliphatic heterocycles. The Bertz CT molecular complexity index is 938. The minimum Gasteiger partial charge on any atom is -0.736 e. The van der Waals surface area contributed by atoms with Gasteiger partial charge in [0.25, 0.3) is 0 Å². The van der Waals surface area contributed by atoms with Crippen LogP contribution >= 0.6 is 7.82 Å². The van der Waals surface area contributed by atoms with E-state index in [0.717, 1.165) is 33.4 Å². The monoisotopic (exact) mass is 438 g/mol. The molecule has 30 heavy (non-hydrogen) atoms. The fourth-order valence-corrected chi connectivity index (χ4v) is 4.87. The molecule has 6 heteroatoms. The van der Waals surface area contributed by atoms with Gasteiger partial charge in [-0.2, -0.15) is 0 Å². The fraction of sp³-hybridized carbons (Fsp3) is 0.500. The average Bonchev–Trinajstić information content (AvgIpc) is 2.53. The molecule has 0 fully saturated rings. The molecule has 0 unspecified atom stereocenters. The van der Waals surface area contributed by atoms with Gasteiger partial charge in [0.05, 0.1) is 0 Å². The maximum Gasteiger partial charge on any atom is 1.00 e. The van der Waals surface area contributed by atoms with Crippen molar-refractivity contribution in [2.75, 3.05) is 0 Å². The summed E-state index contributed by atoms with van der Waals surface area (Å²) < 4.78 is 24.2. The molecular weight excluding hydrogens is 406 g/mol. The van der Waals surface area contributed by atoms with Crippen molar-refractivity contribution < 1.29 is 48.1 Å². The van der Waals surface area contributed by atoms with Crippen molar-refractivity contribution in [2.24, 2.45) is 0 Å². The molecule has 3 rings (SSSR count). The zero-order valence-corrected chi connectivity index (χ0v) is 22.9. The van der Waals surface area contributed by atoms with Gasteiger partial charge in [-0.15, -0.1) is 0 Å². The van der Waals surface area contributed by atoms with Gasteiger partial charge in [-0.05, 0) is 24.7 Å². The maximum atomic E-state index is 13.0. The first kappa shape index (κ1) is 25.5. The van der Waals surface area contributed by atoms with Crippen LogP contribution in [0.1, 0.15) is 87.8 Å². The third-order valence-electron chi connectivity index (χ3n) is 5.48. The van der Waals surface area contributed by atoms with Crippen molar-refractivity contribution in [3.8, 4) is 11.5 Å². The molecule has 2 aromatic rings. The Kier molecular flexibility index (Phi) is 7.05. The second-order valence-corrected chi connectivity index (χ2v) is 11.6. The van der Waals surface area contributed by atoms with Gasteiger partial charge in [0, 0.05) is 28.2 Å². The third-order valence-corrected chi connectivity index (χ3v) is 6.29. The number of hydrogen-bond acceptors (Lipinski definition) is 4. The van der Waals surface area contributed by atoms with Crippen LogP contribution in [0.3, 0.4) is 0 Å². The average molecular weight is 438 g/mol. The largest absolute Gasteiger partial charge is 1.00 e. The van der Waals surface area contributed by atoms with E-state index in [-0.39, 0.29) is 46.3 Å². The van der Waals surface area contributed by atoms with Crippen LogP contribution in [-0.2, 0) is 15.4 Å². The van der Waals surface area contributed by atoms with Crippen LogP contribution in [0.2, 0.25) is 0 Å². The molecule has 0 bridgehead atoms. The van der Waals surface area contributed by atoms with Crippen LogP contribution in [0.5, 0.6) is 11.5 Å². The molecule has 0 aliphatic carbocycles.